The van der Waals surface area contributed by atoms with Gasteiger partial charge in [0.05, 0.1) is 6.10 Å². The Morgan fingerprint density at radius 2 is 2.14 bits per heavy atom. The second-order valence-corrected chi connectivity index (χ2v) is 6.11. The van der Waals surface area contributed by atoms with E-state index in [2.05, 4.69) is 16.5 Å². The van der Waals surface area contributed by atoms with Crippen LogP contribution in [0.3, 0.4) is 0 Å². The molecule has 22 heavy (non-hydrogen) atoms. The lowest BCUT2D eigenvalue weighted by atomic mass is 9.96. The number of likely N-dealkylation sites (tertiary alicyclic amines) is 1. The SMILES string of the molecule is C=CCCC(O)CN1CCC(c2nc3ccccc3o2)CC1. The number of hydrogen-bond acceptors (Lipinski definition) is 4. The number of oxazole rings is 1. The maximum atomic E-state index is 9.99. The first-order valence-electron chi connectivity index (χ1n) is 8.13. The summed E-state index contributed by atoms with van der Waals surface area (Å²) in [6.45, 7) is 6.45. The van der Waals surface area contributed by atoms with Crippen molar-refractivity contribution < 1.29 is 9.52 Å². The molecular formula is C18H24N2O2. The Bertz CT molecular complexity index is 581. The molecule has 2 heterocycles. The highest BCUT2D eigenvalue weighted by Gasteiger charge is 2.25. The van der Waals surface area contributed by atoms with Gasteiger partial charge in [0, 0.05) is 12.5 Å². The van der Waals surface area contributed by atoms with Gasteiger partial charge in [0.25, 0.3) is 0 Å². The molecule has 1 N–H and O–H groups in total. The summed E-state index contributed by atoms with van der Waals surface area (Å²) in [6, 6.07) is 7.93. The lowest BCUT2D eigenvalue weighted by molar-refractivity contribution is 0.0898. The number of fused-ring (bicyclic) bond motifs is 1. The Morgan fingerprint density at radius 1 is 1.36 bits per heavy atom. The summed E-state index contributed by atoms with van der Waals surface area (Å²) in [5, 5.41) is 9.99. The maximum Gasteiger partial charge on any atom is 0.198 e. The van der Waals surface area contributed by atoms with Crippen LogP contribution in [0.15, 0.2) is 41.3 Å². The molecule has 1 fully saturated rings. The third-order valence-corrected chi connectivity index (χ3v) is 4.42. The number of β-amino-alcohol motifs (C(OH)–C–C–N with tert-alkyl or cyclic N) is 1. The summed E-state index contributed by atoms with van der Waals surface area (Å²) in [6.07, 6.45) is 5.37. The van der Waals surface area contributed by atoms with Crippen LogP contribution < -0.4 is 0 Å². The molecule has 1 aliphatic heterocycles. The monoisotopic (exact) mass is 300 g/mol. The molecule has 0 spiro atoms. The Labute approximate surface area is 131 Å². The maximum absolute atomic E-state index is 9.99. The van der Waals surface area contributed by atoms with Crippen LogP contribution in [0.25, 0.3) is 11.1 Å². The molecule has 1 aliphatic rings. The number of aromatic nitrogens is 1. The lowest BCUT2D eigenvalue weighted by Crippen LogP contribution is -2.38. The number of rotatable bonds is 6. The van der Waals surface area contributed by atoms with Gasteiger partial charge in [0.1, 0.15) is 5.52 Å². The van der Waals surface area contributed by atoms with Crippen molar-refractivity contribution in [3.05, 3.63) is 42.8 Å². The molecule has 1 aromatic heterocycles. The highest BCUT2D eigenvalue weighted by Crippen LogP contribution is 2.29. The normalized spacial score (nSPS) is 18.6. The van der Waals surface area contributed by atoms with E-state index >= 15 is 0 Å². The van der Waals surface area contributed by atoms with Crippen LogP contribution in [-0.2, 0) is 0 Å². The van der Waals surface area contributed by atoms with Crippen LogP contribution in [0, 0.1) is 0 Å². The first-order valence-corrected chi connectivity index (χ1v) is 8.13. The zero-order chi connectivity index (χ0) is 15.4. The Kier molecular flexibility index (Phi) is 4.90. The van der Waals surface area contributed by atoms with Gasteiger partial charge in [0.2, 0.25) is 0 Å². The summed E-state index contributed by atoms with van der Waals surface area (Å²) in [4.78, 5) is 6.96. The number of aliphatic hydroxyl groups excluding tert-OH is 1. The zero-order valence-electron chi connectivity index (χ0n) is 12.9. The van der Waals surface area contributed by atoms with Gasteiger partial charge in [-0.05, 0) is 50.9 Å². The topological polar surface area (TPSA) is 49.5 Å². The summed E-state index contributed by atoms with van der Waals surface area (Å²) in [5.74, 6) is 1.27. The molecule has 0 bridgehead atoms. The molecule has 0 aliphatic carbocycles. The summed E-state index contributed by atoms with van der Waals surface area (Å²) >= 11 is 0. The molecule has 0 amide bonds. The molecule has 118 valence electrons. The predicted molar refractivity (Wildman–Crippen MR) is 87.9 cm³/mol. The van der Waals surface area contributed by atoms with E-state index in [1.807, 2.05) is 30.3 Å². The second kappa shape index (κ2) is 7.07. The number of nitrogens with zero attached hydrogens (tertiary/aromatic N) is 2. The molecule has 4 heteroatoms. The van der Waals surface area contributed by atoms with Crippen LogP contribution in [-0.4, -0.2) is 40.7 Å². The van der Waals surface area contributed by atoms with Crippen molar-refractivity contribution >= 4 is 11.1 Å². The van der Waals surface area contributed by atoms with E-state index in [1.54, 1.807) is 0 Å². The molecule has 2 aromatic rings. The number of aliphatic hydroxyl groups is 1. The average Bonchev–Trinajstić information content (AvgIpc) is 2.97. The minimum atomic E-state index is -0.251. The molecule has 3 rings (SSSR count). The van der Waals surface area contributed by atoms with Crippen molar-refractivity contribution in [1.29, 1.82) is 0 Å². The molecule has 0 radical (unpaired) electrons. The van der Waals surface area contributed by atoms with Gasteiger partial charge < -0.3 is 14.4 Å². The highest BCUT2D eigenvalue weighted by molar-refractivity contribution is 5.72. The third-order valence-electron chi connectivity index (χ3n) is 4.42. The van der Waals surface area contributed by atoms with Crippen LogP contribution in [0.5, 0.6) is 0 Å². The molecular weight excluding hydrogens is 276 g/mol. The van der Waals surface area contributed by atoms with Crippen molar-refractivity contribution in [2.24, 2.45) is 0 Å². The standard InChI is InChI=1S/C18H24N2O2/c1-2-3-6-15(21)13-20-11-9-14(10-12-20)18-19-16-7-4-5-8-17(16)22-18/h2,4-5,7-8,14-15,21H,1,3,6,9-13H2. The van der Waals surface area contributed by atoms with E-state index in [0.29, 0.717) is 5.92 Å². The minimum absolute atomic E-state index is 0.251. The van der Waals surface area contributed by atoms with Crippen molar-refractivity contribution in [3.8, 4) is 0 Å². The van der Waals surface area contributed by atoms with E-state index in [4.69, 9.17) is 4.42 Å². The fourth-order valence-corrected chi connectivity index (χ4v) is 3.13. The van der Waals surface area contributed by atoms with Crippen LogP contribution in [0.2, 0.25) is 0 Å². The summed E-state index contributed by atoms with van der Waals surface area (Å²) < 4.78 is 5.89. The van der Waals surface area contributed by atoms with Gasteiger partial charge >= 0.3 is 0 Å². The zero-order valence-corrected chi connectivity index (χ0v) is 12.9. The quantitative estimate of drug-likeness (QED) is 0.831. The number of piperidine rings is 1. The van der Waals surface area contributed by atoms with Crippen molar-refractivity contribution in [1.82, 2.24) is 9.88 Å². The second-order valence-electron chi connectivity index (χ2n) is 6.11. The van der Waals surface area contributed by atoms with Gasteiger partial charge in [-0.15, -0.1) is 6.58 Å². The number of hydrogen-bond donors (Lipinski definition) is 1. The van der Waals surface area contributed by atoms with Crippen LogP contribution >= 0.6 is 0 Å². The predicted octanol–water partition coefficient (Wildman–Crippen LogP) is 3.33. The van der Waals surface area contributed by atoms with Gasteiger partial charge in [-0.25, -0.2) is 4.98 Å². The van der Waals surface area contributed by atoms with E-state index in [9.17, 15) is 5.11 Å². The van der Waals surface area contributed by atoms with Gasteiger partial charge in [-0.3, -0.25) is 0 Å². The Hall–Kier alpha value is -1.65. The molecule has 1 atom stereocenters. The van der Waals surface area contributed by atoms with Crippen molar-refractivity contribution in [2.75, 3.05) is 19.6 Å². The average molecular weight is 300 g/mol. The van der Waals surface area contributed by atoms with Gasteiger partial charge in [0.15, 0.2) is 11.5 Å². The molecule has 1 unspecified atom stereocenters. The lowest BCUT2D eigenvalue weighted by Gasteiger charge is -2.31. The molecule has 4 nitrogen and oxygen atoms in total. The fourth-order valence-electron chi connectivity index (χ4n) is 3.13. The van der Waals surface area contributed by atoms with E-state index in [1.165, 1.54) is 0 Å². The molecule has 1 saturated heterocycles. The third kappa shape index (κ3) is 3.57. The van der Waals surface area contributed by atoms with Crippen molar-refractivity contribution in [2.45, 2.75) is 37.7 Å². The first-order chi connectivity index (χ1) is 10.8. The van der Waals surface area contributed by atoms with E-state index in [-0.39, 0.29) is 6.10 Å². The Balaban J connectivity index is 1.54. The molecule has 1 aromatic carbocycles. The van der Waals surface area contributed by atoms with E-state index in [0.717, 1.165) is 62.3 Å². The fraction of sp³-hybridized carbons (Fsp3) is 0.500. The minimum Gasteiger partial charge on any atom is -0.440 e. The van der Waals surface area contributed by atoms with Crippen molar-refractivity contribution in [3.63, 3.8) is 0 Å². The summed E-state index contributed by atoms with van der Waals surface area (Å²) in [7, 11) is 0. The largest absolute Gasteiger partial charge is 0.440 e. The number of allylic oxidation sites excluding steroid dienone is 1. The number of benzene rings is 1. The molecule has 0 saturated carbocycles. The first kappa shape index (κ1) is 15.3. The Morgan fingerprint density at radius 3 is 2.86 bits per heavy atom. The highest BCUT2D eigenvalue weighted by atomic mass is 16.3. The summed E-state index contributed by atoms with van der Waals surface area (Å²) in [5.41, 5.74) is 1.82. The van der Waals surface area contributed by atoms with Crippen LogP contribution in [0.1, 0.15) is 37.5 Å². The number of para-hydroxylation sites is 2. The van der Waals surface area contributed by atoms with Gasteiger partial charge in [-0.1, -0.05) is 18.2 Å². The van der Waals surface area contributed by atoms with Gasteiger partial charge in [-0.2, -0.15) is 0 Å². The smallest absolute Gasteiger partial charge is 0.198 e. The van der Waals surface area contributed by atoms with Crippen LogP contribution in [0.4, 0.5) is 0 Å². The van der Waals surface area contributed by atoms with E-state index < -0.39 is 0 Å².